The minimum Gasteiger partial charge on any atom is -0.308 e. The molecule has 0 unspecified atom stereocenters. The van der Waals surface area contributed by atoms with Crippen LogP contribution in [0.15, 0.2) is 42.5 Å². The van der Waals surface area contributed by atoms with Crippen LogP contribution in [0.2, 0.25) is 0 Å². The van der Waals surface area contributed by atoms with Gasteiger partial charge in [0.15, 0.2) is 0 Å². The molecule has 140 valence electrons. The van der Waals surface area contributed by atoms with Crippen LogP contribution in [0.1, 0.15) is 59.9 Å². The van der Waals surface area contributed by atoms with Gasteiger partial charge in [-0.25, -0.2) is 4.79 Å². The molecule has 0 spiro atoms. The number of urea groups is 1. The maximum Gasteiger partial charge on any atom is 0.323 e. The molecule has 6 heteroatoms. The molecular formula is C21H23N3O3. The van der Waals surface area contributed by atoms with Crippen LogP contribution in [0.25, 0.3) is 0 Å². The van der Waals surface area contributed by atoms with Gasteiger partial charge in [-0.1, -0.05) is 32.0 Å². The number of nitrogens with one attached hydrogen (secondary N) is 2. The van der Waals surface area contributed by atoms with Crippen molar-refractivity contribution in [1.29, 1.82) is 0 Å². The summed E-state index contributed by atoms with van der Waals surface area (Å²) in [6.45, 7) is 7.70. The van der Waals surface area contributed by atoms with Gasteiger partial charge >= 0.3 is 6.03 Å². The first-order valence-electron chi connectivity index (χ1n) is 8.98. The predicted molar refractivity (Wildman–Crippen MR) is 105 cm³/mol. The first kappa shape index (κ1) is 18.6. The van der Waals surface area contributed by atoms with Gasteiger partial charge in [-0.15, -0.1) is 0 Å². The second kappa shape index (κ2) is 7.23. The van der Waals surface area contributed by atoms with Crippen molar-refractivity contribution < 1.29 is 14.4 Å². The highest BCUT2D eigenvalue weighted by Gasteiger charge is 2.37. The van der Waals surface area contributed by atoms with Gasteiger partial charge in [-0.2, -0.15) is 0 Å². The number of rotatable bonds is 4. The number of para-hydroxylation sites is 1. The number of anilines is 2. The Hall–Kier alpha value is -3.15. The summed E-state index contributed by atoms with van der Waals surface area (Å²) in [6, 6.07) is 11.7. The second-order valence-corrected chi connectivity index (χ2v) is 7.16. The van der Waals surface area contributed by atoms with Crippen LogP contribution in [0.3, 0.4) is 0 Å². The van der Waals surface area contributed by atoms with Gasteiger partial charge in [0.2, 0.25) is 0 Å². The molecule has 0 bridgehead atoms. The Bertz CT molecular complexity index is 919. The molecule has 0 saturated heterocycles. The van der Waals surface area contributed by atoms with Gasteiger partial charge in [-0.05, 0) is 49.6 Å². The Morgan fingerprint density at radius 1 is 0.889 bits per heavy atom. The third-order valence-corrected chi connectivity index (χ3v) is 4.52. The summed E-state index contributed by atoms with van der Waals surface area (Å²) in [5, 5.41) is 5.58. The van der Waals surface area contributed by atoms with E-state index in [0.717, 1.165) is 11.3 Å². The van der Waals surface area contributed by atoms with Gasteiger partial charge in [-0.3, -0.25) is 14.5 Å². The van der Waals surface area contributed by atoms with Gasteiger partial charge < -0.3 is 10.6 Å². The number of imide groups is 1. The lowest BCUT2D eigenvalue weighted by Crippen LogP contribution is -2.35. The Morgan fingerprint density at radius 3 is 2.22 bits per heavy atom. The topological polar surface area (TPSA) is 78.5 Å². The Balaban J connectivity index is 1.78. The van der Waals surface area contributed by atoms with Crippen LogP contribution in [-0.4, -0.2) is 28.8 Å². The molecule has 2 aromatic carbocycles. The number of amides is 4. The standard InChI is InChI=1S/C21H23N3O3/c1-12(2)15-7-5-6-8-18(15)23-21(27)22-14-9-10-16-17(11-14)20(26)24(13(3)4)19(16)25/h5-13H,1-4H3,(H2,22,23,27). The summed E-state index contributed by atoms with van der Waals surface area (Å²) >= 11 is 0. The molecule has 1 heterocycles. The van der Waals surface area contributed by atoms with Crippen molar-refractivity contribution in [3.05, 3.63) is 59.2 Å². The number of fused-ring (bicyclic) bond motifs is 1. The van der Waals surface area contributed by atoms with E-state index in [-0.39, 0.29) is 23.8 Å². The highest BCUT2D eigenvalue weighted by molar-refractivity contribution is 6.22. The highest BCUT2D eigenvalue weighted by Crippen LogP contribution is 2.28. The lowest BCUT2D eigenvalue weighted by molar-refractivity contribution is 0.0609. The molecule has 3 rings (SSSR count). The number of nitrogens with zero attached hydrogens (tertiary/aromatic N) is 1. The third kappa shape index (κ3) is 3.56. The third-order valence-electron chi connectivity index (χ3n) is 4.52. The molecule has 4 amide bonds. The van der Waals surface area contributed by atoms with Crippen LogP contribution in [0.4, 0.5) is 16.2 Å². The van der Waals surface area contributed by atoms with E-state index in [0.29, 0.717) is 16.8 Å². The summed E-state index contributed by atoms with van der Waals surface area (Å²) in [5.41, 5.74) is 2.91. The van der Waals surface area contributed by atoms with Crippen molar-refractivity contribution in [2.45, 2.75) is 39.7 Å². The Labute approximate surface area is 158 Å². The lowest BCUT2D eigenvalue weighted by Gasteiger charge is -2.17. The summed E-state index contributed by atoms with van der Waals surface area (Å²) < 4.78 is 0. The minimum atomic E-state index is -0.402. The zero-order valence-corrected chi connectivity index (χ0v) is 15.9. The van der Waals surface area contributed by atoms with Crippen molar-refractivity contribution in [2.75, 3.05) is 10.6 Å². The van der Waals surface area contributed by atoms with Gasteiger partial charge in [0.1, 0.15) is 0 Å². The highest BCUT2D eigenvalue weighted by atomic mass is 16.2. The molecule has 0 aromatic heterocycles. The molecule has 0 saturated carbocycles. The minimum absolute atomic E-state index is 0.218. The van der Waals surface area contributed by atoms with Crippen molar-refractivity contribution in [2.24, 2.45) is 0 Å². The quantitative estimate of drug-likeness (QED) is 0.785. The van der Waals surface area contributed by atoms with E-state index in [9.17, 15) is 14.4 Å². The maximum atomic E-state index is 12.5. The lowest BCUT2D eigenvalue weighted by atomic mass is 10.0. The molecular weight excluding hydrogens is 342 g/mol. The van der Waals surface area contributed by atoms with Crippen molar-refractivity contribution in [3.63, 3.8) is 0 Å². The normalized spacial score (nSPS) is 13.3. The summed E-state index contributed by atoms with van der Waals surface area (Å²) in [7, 11) is 0. The van der Waals surface area contributed by atoms with Crippen LogP contribution >= 0.6 is 0 Å². The van der Waals surface area contributed by atoms with E-state index in [1.165, 1.54) is 4.90 Å². The van der Waals surface area contributed by atoms with Crippen molar-refractivity contribution in [3.8, 4) is 0 Å². The summed E-state index contributed by atoms with van der Waals surface area (Å²) in [6.07, 6.45) is 0. The van der Waals surface area contributed by atoms with E-state index in [1.54, 1.807) is 32.0 Å². The molecule has 2 aromatic rings. The second-order valence-electron chi connectivity index (χ2n) is 7.16. The molecule has 27 heavy (non-hydrogen) atoms. The van der Waals surface area contributed by atoms with E-state index in [4.69, 9.17) is 0 Å². The number of carbonyl (C=O) groups is 3. The molecule has 0 aliphatic carbocycles. The van der Waals surface area contributed by atoms with Crippen molar-refractivity contribution >= 4 is 29.2 Å². The predicted octanol–water partition coefficient (Wildman–Crippen LogP) is 4.46. The number of benzene rings is 2. The number of hydrogen-bond acceptors (Lipinski definition) is 3. The molecule has 0 fully saturated rings. The van der Waals surface area contributed by atoms with Gasteiger partial charge in [0, 0.05) is 17.4 Å². The number of hydrogen-bond donors (Lipinski definition) is 2. The fraction of sp³-hybridized carbons (Fsp3) is 0.286. The van der Waals surface area contributed by atoms with Gasteiger partial charge in [0.05, 0.1) is 11.1 Å². The SMILES string of the molecule is CC(C)c1ccccc1NC(=O)Nc1ccc2c(c1)C(=O)N(C(C)C)C2=O. The fourth-order valence-electron chi connectivity index (χ4n) is 3.21. The van der Waals surface area contributed by atoms with Crippen LogP contribution < -0.4 is 10.6 Å². The average Bonchev–Trinajstić information content (AvgIpc) is 2.85. The number of carbonyl (C=O) groups excluding carboxylic acids is 3. The summed E-state index contributed by atoms with van der Waals surface area (Å²) in [5.74, 6) is -0.363. The summed E-state index contributed by atoms with van der Waals surface area (Å²) in [4.78, 5) is 38.4. The smallest absolute Gasteiger partial charge is 0.308 e. The molecule has 1 aliphatic heterocycles. The first-order valence-corrected chi connectivity index (χ1v) is 8.98. The van der Waals surface area contributed by atoms with Crippen LogP contribution in [-0.2, 0) is 0 Å². The molecule has 6 nitrogen and oxygen atoms in total. The van der Waals surface area contributed by atoms with E-state index in [1.807, 2.05) is 24.3 Å². The average molecular weight is 365 g/mol. The maximum absolute atomic E-state index is 12.5. The van der Waals surface area contributed by atoms with E-state index in [2.05, 4.69) is 24.5 Å². The monoisotopic (exact) mass is 365 g/mol. The largest absolute Gasteiger partial charge is 0.323 e. The van der Waals surface area contributed by atoms with Crippen LogP contribution in [0, 0.1) is 0 Å². The van der Waals surface area contributed by atoms with E-state index >= 15 is 0 Å². The van der Waals surface area contributed by atoms with E-state index < -0.39 is 6.03 Å². The Kier molecular flexibility index (Phi) is 4.99. The zero-order chi connectivity index (χ0) is 19.7. The van der Waals surface area contributed by atoms with Gasteiger partial charge in [0.25, 0.3) is 11.8 Å². The molecule has 2 N–H and O–H groups in total. The molecule has 0 atom stereocenters. The fourth-order valence-corrected chi connectivity index (χ4v) is 3.21. The molecule has 0 radical (unpaired) electrons. The van der Waals surface area contributed by atoms with Crippen molar-refractivity contribution in [1.82, 2.24) is 4.90 Å². The zero-order valence-electron chi connectivity index (χ0n) is 15.9. The molecule has 1 aliphatic rings. The van der Waals surface area contributed by atoms with Crippen LogP contribution in [0.5, 0.6) is 0 Å². The first-order chi connectivity index (χ1) is 12.8. The Morgan fingerprint density at radius 2 is 1.56 bits per heavy atom.